The summed E-state index contributed by atoms with van der Waals surface area (Å²) < 4.78 is 73.8. The summed E-state index contributed by atoms with van der Waals surface area (Å²) in [5, 5.41) is 3.85. The van der Waals surface area contributed by atoms with Crippen LogP contribution in [0.2, 0.25) is 0 Å². The highest BCUT2D eigenvalue weighted by Crippen LogP contribution is 2.34. The molecule has 0 aliphatic carbocycles. The molecule has 0 bridgehead atoms. The number of halogens is 5. The van der Waals surface area contributed by atoms with E-state index in [1.807, 2.05) is 0 Å². The topological polar surface area (TPSA) is 41.9 Å². The fourth-order valence-corrected chi connectivity index (χ4v) is 2.66. The molecular formula is C19H13F5N2O2. The standard InChI is InChI=1S/C19H13F5N2O2/c1-3-28-12-7-5-4-6-10(12)8-11-9(2)25-26(19(11)27)18-16(23)14(21)13(20)15(22)17(18)24/h4-8H,3H2,1-2H3/b11-8-. The number of anilines is 1. The van der Waals surface area contributed by atoms with E-state index >= 15 is 0 Å². The second-order valence-corrected chi connectivity index (χ2v) is 5.75. The predicted molar refractivity (Wildman–Crippen MR) is 92.4 cm³/mol. The van der Waals surface area contributed by atoms with Gasteiger partial charge in [0.25, 0.3) is 5.91 Å². The Bertz CT molecular complexity index is 1000. The molecule has 0 atom stereocenters. The molecule has 0 saturated heterocycles. The first-order valence-electron chi connectivity index (χ1n) is 8.12. The Morgan fingerprint density at radius 2 is 1.57 bits per heavy atom. The van der Waals surface area contributed by atoms with Gasteiger partial charge in [0.15, 0.2) is 23.3 Å². The van der Waals surface area contributed by atoms with E-state index in [1.54, 1.807) is 31.2 Å². The molecule has 146 valence electrons. The van der Waals surface area contributed by atoms with Gasteiger partial charge in [-0.2, -0.15) is 10.1 Å². The summed E-state index contributed by atoms with van der Waals surface area (Å²) in [5.41, 5.74) is -0.972. The van der Waals surface area contributed by atoms with Gasteiger partial charge in [-0.25, -0.2) is 22.0 Å². The third-order valence-electron chi connectivity index (χ3n) is 3.98. The number of amides is 1. The first-order valence-corrected chi connectivity index (χ1v) is 8.12. The Labute approximate surface area is 156 Å². The van der Waals surface area contributed by atoms with Gasteiger partial charge in [-0.05, 0) is 26.0 Å². The molecule has 0 N–H and O–H groups in total. The highest BCUT2D eigenvalue weighted by atomic mass is 19.2. The van der Waals surface area contributed by atoms with E-state index in [-0.39, 0.29) is 16.3 Å². The molecule has 28 heavy (non-hydrogen) atoms. The number of carbonyl (C=O) groups excluding carboxylic acids is 1. The quantitative estimate of drug-likeness (QED) is 0.328. The third-order valence-corrected chi connectivity index (χ3v) is 3.98. The molecule has 0 fully saturated rings. The highest BCUT2D eigenvalue weighted by Gasteiger charge is 2.37. The van der Waals surface area contributed by atoms with Crippen molar-refractivity contribution in [3.05, 3.63) is 64.5 Å². The van der Waals surface area contributed by atoms with Crippen LogP contribution < -0.4 is 9.75 Å². The van der Waals surface area contributed by atoms with E-state index in [4.69, 9.17) is 4.74 Å². The average Bonchev–Trinajstić information content (AvgIpc) is 2.95. The Morgan fingerprint density at radius 3 is 2.18 bits per heavy atom. The minimum absolute atomic E-state index is 0.0419. The lowest BCUT2D eigenvalue weighted by Crippen LogP contribution is -2.25. The SMILES string of the molecule is CCOc1ccccc1/C=C1\C(=O)N(c2c(F)c(F)c(F)c(F)c2F)N=C1C. The summed E-state index contributed by atoms with van der Waals surface area (Å²) in [6, 6.07) is 6.69. The van der Waals surface area contributed by atoms with Crippen LogP contribution in [0.4, 0.5) is 27.6 Å². The molecular weight excluding hydrogens is 383 g/mol. The van der Waals surface area contributed by atoms with E-state index in [9.17, 15) is 26.7 Å². The highest BCUT2D eigenvalue weighted by molar-refractivity contribution is 6.32. The molecule has 4 nitrogen and oxygen atoms in total. The fraction of sp³-hybridized carbons (Fsp3) is 0.158. The van der Waals surface area contributed by atoms with E-state index in [2.05, 4.69) is 5.10 Å². The molecule has 0 radical (unpaired) electrons. The number of ether oxygens (including phenoxy) is 1. The van der Waals surface area contributed by atoms with Gasteiger partial charge in [0.1, 0.15) is 11.4 Å². The zero-order valence-electron chi connectivity index (χ0n) is 14.7. The smallest absolute Gasteiger partial charge is 0.280 e. The van der Waals surface area contributed by atoms with Crippen LogP contribution in [0, 0.1) is 29.1 Å². The zero-order valence-corrected chi connectivity index (χ0v) is 14.7. The lowest BCUT2D eigenvalue weighted by Gasteiger charge is -2.15. The van der Waals surface area contributed by atoms with Crippen molar-refractivity contribution in [2.45, 2.75) is 13.8 Å². The van der Waals surface area contributed by atoms with Crippen LogP contribution in [-0.2, 0) is 4.79 Å². The second kappa shape index (κ2) is 7.41. The van der Waals surface area contributed by atoms with Crippen molar-refractivity contribution in [2.24, 2.45) is 5.10 Å². The second-order valence-electron chi connectivity index (χ2n) is 5.75. The molecule has 2 aromatic carbocycles. The maximum absolute atomic E-state index is 14.0. The Kier molecular flexibility index (Phi) is 5.17. The normalized spacial score (nSPS) is 15.4. The molecule has 1 amide bonds. The molecule has 1 heterocycles. The van der Waals surface area contributed by atoms with Gasteiger partial charge in [-0.3, -0.25) is 4.79 Å². The summed E-state index contributed by atoms with van der Waals surface area (Å²) in [7, 11) is 0. The monoisotopic (exact) mass is 396 g/mol. The van der Waals surface area contributed by atoms with Crippen LogP contribution in [0.3, 0.4) is 0 Å². The Balaban J connectivity index is 2.09. The molecule has 9 heteroatoms. The number of para-hydroxylation sites is 1. The number of rotatable bonds is 4. The van der Waals surface area contributed by atoms with Crippen LogP contribution in [-0.4, -0.2) is 18.2 Å². The summed E-state index contributed by atoms with van der Waals surface area (Å²) in [5.74, 6) is -11.5. The van der Waals surface area contributed by atoms with Crippen LogP contribution >= 0.6 is 0 Å². The number of carbonyl (C=O) groups is 1. The van der Waals surface area contributed by atoms with Crippen molar-refractivity contribution in [3.63, 3.8) is 0 Å². The summed E-state index contributed by atoms with van der Waals surface area (Å²) in [6.07, 6.45) is 1.37. The van der Waals surface area contributed by atoms with Gasteiger partial charge >= 0.3 is 0 Å². The van der Waals surface area contributed by atoms with Crippen LogP contribution in [0.25, 0.3) is 6.08 Å². The van der Waals surface area contributed by atoms with Gasteiger partial charge in [0.2, 0.25) is 5.82 Å². The molecule has 0 spiro atoms. The largest absolute Gasteiger partial charge is 0.493 e. The first-order chi connectivity index (χ1) is 13.3. The summed E-state index contributed by atoms with van der Waals surface area (Å²) in [6.45, 7) is 3.50. The molecule has 1 aliphatic heterocycles. The first kappa shape index (κ1) is 19.5. The number of hydrazone groups is 1. The predicted octanol–water partition coefficient (Wildman–Crippen LogP) is 4.59. The van der Waals surface area contributed by atoms with Crippen molar-refractivity contribution >= 4 is 23.4 Å². The van der Waals surface area contributed by atoms with Crippen LogP contribution in [0.1, 0.15) is 19.4 Å². The van der Waals surface area contributed by atoms with E-state index in [1.165, 1.54) is 13.0 Å². The summed E-state index contributed by atoms with van der Waals surface area (Å²) >= 11 is 0. The van der Waals surface area contributed by atoms with E-state index in [0.29, 0.717) is 17.9 Å². The number of hydrogen-bond donors (Lipinski definition) is 0. The molecule has 2 aromatic rings. The van der Waals surface area contributed by atoms with Crippen molar-refractivity contribution in [3.8, 4) is 5.75 Å². The van der Waals surface area contributed by atoms with Gasteiger partial charge in [0.05, 0.1) is 17.9 Å². The zero-order chi connectivity index (χ0) is 20.6. The molecule has 0 unspecified atom stereocenters. The lowest BCUT2D eigenvalue weighted by molar-refractivity contribution is -0.114. The minimum Gasteiger partial charge on any atom is -0.493 e. The average molecular weight is 396 g/mol. The van der Waals surface area contributed by atoms with E-state index < -0.39 is 40.7 Å². The lowest BCUT2D eigenvalue weighted by atomic mass is 10.1. The van der Waals surface area contributed by atoms with Crippen molar-refractivity contribution in [2.75, 3.05) is 11.6 Å². The fourth-order valence-electron chi connectivity index (χ4n) is 2.66. The Morgan fingerprint density at radius 1 is 1.00 bits per heavy atom. The number of hydrogen-bond acceptors (Lipinski definition) is 3. The molecule has 3 rings (SSSR count). The van der Waals surface area contributed by atoms with Gasteiger partial charge < -0.3 is 4.74 Å². The van der Waals surface area contributed by atoms with Crippen molar-refractivity contribution in [1.29, 1.82) is 0 Å². The minimum atomic E-state index is -2.31. The van der Waals surface area contributed by atoms with Gasteiger partial charge in [0, 0.05) is 5.56 Å². The van der Waals surface area contributed by atoms with Crippen LogP contribution in [0.5, 0.6) is 5.75 Å². The van der Waals surface area contributed by atoms with Gasteiger partial charge in [-0.15, -0.1) is 0 Å². The third kappa shape index (κ3) is 3.12. The molecule has 0 saturated carbocycles. The number of benzene rings is 2. The Hall–Kier alpha value is -3.23. The van der Waals surface area contributed by atoms with Gasteiger partial charge in [-0.1, -0.05) is 18.2 Å². The maximum atomic E-state index is 14.0. The summed E-state index contributed by atoms with van der Waals surface area (Å²) in [4.78, 5) is 12.6. The van der Waals surface area contributed by atoms with E-state index in [0.717, 1.165) is 0 Å². The van der Waals surface area contributed by atoms with Crippen molar-refractivity contribution < 1.29 is 31.5 Å². The van der Waals surface area contributed by atoms with Crippen molar-refractivity contribution in [1.82, 2.24) is 0 Å². The maximum Gasteiger partial charge on any atom is 0.280 e. The van der Waals surface area contributed by atoms with Crippen LogP contribution in [0.15, 0.2) is 34.9 Å². The number of nitrogens with zero attached hydrogens (tertiary/aromatic N) is 2. The molecule has 1 aliphatic rings. The molecule has 0 aromatic heterocycles.